The molecule has 0 N–H and O–H groups in total. The molecule has 1 aliphatic heterocycles. The first-order valence-electron chi connectivity index (χ1n) is 6.81. The Morgan fingerprint density at radius 1 is 1.24 bits per heavy atom. The Labute approximate surface area is 134 Å². The first-order chi connectivity index (χ1) is 9.79. The summed E-state index contributed by atoms with van der Waals surface area (Å²) in [7, 11) is -3.43. The molecule has 114 valence electrons. The number of carbonyl (C=O) groups excluding carboxylic acids is 1. The molecule has 2 aliphatic rings. The molecular weight excluding hydrogens is 333 g/mol. The summed E-state index contributed by atoms with van der Waals surface area (Å²) >= 11 is 11.9. The van der Waals surface area contributed by atoms with Gasteiger partial charge in [-0.05, 0) is 49.4 Å². The van der Waals surface area contributed by atoms with Crippen molar-refractivity contribution in [1.82, 2.24) is 4.31 Å². The van der Waals surface area contributed by atoms with Crippen LogP contribution in [0.2, 0.25) is 10.0 Å². The lowest BCUT2D eigenvalue weighted by atomic mass is 10.1. The average Bonchev–Trinajstić information content (AvgIpc) is 3.10. The molecule has 7 heteroatoms. The summed E-state index contributed by atoms with van der Waals surface area (Å²) in [5.41, 5.74) is 0.898. The van der Waals surface area contributed by atoms with E-state index in [1.165, 1.54) is 0 Å². The Morgan fingerprint density at radius 2 is 1.86 bits per heavy atom. The van der Waals surface area contributed by atoms with Crippen LogP contribution < -0.4 is 0 Å². The summed E-state index contributed by atoms with van der Waals surface area (Å²) in [6, 6.07) is 4.96. The van der Waals surface area contributed by atoms with Crippen molar-refractivity contribution in [3.63, 3.8) is 0 Å². The van der Waals surface area contributed by atoms with E-state index in [2.05, 4.69) is 0 Å². The summed E-state index contributed by atoms with van der Waals surface area (Å²) in [5, 5.41) is 1.05. The fraction of sp³-hybridized carbons (Fsp3) is 0.500. The molecule has 1 heterocycles. The number of hydrogen-bond acceptors (Lipinski definition) is 3. The molecule has 0 bridgehead atoms. The van der Waals surface area contributed by atoms with Crippen LogP contribution in [0.5, 0.6) is 0 Å². The summed E-state index contributed by atoms with van der Waals surface area (Å²) in [6.45, 7) is 1.77. The van der Waals surface area contributed by atoms with Gasteiger partial charge in [-0.1, -0.05) is 23.2 Å². The number of carbonyl (C=O) groups is 1. The Balaban J connectivity index is 1.80. The molecule has 1 saturated carbocycles. The summed E-state index contributed by atoms with van der Waals surface area (Å²) in [6.07, 6.45) is 1.16. The minimum atomic E-state index is -3.43. The molecule has 0 aromatic heterocycles. The van der Waals surface area contributed by atoms with Crippen LogP contribution in [0.3, 0.4) is 0 Å². The van der Waals surface area contributed by atoms with Crippen molar-refractivity contribution >= 4 is 39.1 Å². The molecule has 3 unspecified atom stereocenters. The third kappa shape index (κ3) is 2.79. The first kappa shape index (κ1) is 15.1. The van der Waals surface area contributed by atoms with Crippen molar-refractivity contribution in [3.05, 3.63) is 33.8 Å². The monoisotopic (exact) mass is 347 g/mol. The normalized spacial score (nSPS) is 30.4. The molecule has 0 spiro atoms. The molecule has 1 amide bonds. The molecule has 1 aliphatic carbocycles. The van der Waals surface area contributed by atoms with Gasteiger partial charge in [-0.25, -0.2) is 12.7 Å². The highest BCUT2D eigenvalue weighted by Gasteiger charge is 2.50. The number of rotatable bonds is 2. The Hall–Kier alpha value is -0.780. The van der Waals surface area contributed by atoms with Crippen molar-refractivity contribution in [2.75, 3.05) is 5.75 Å². The smallest absolute Gasteiger partial charge is 0.240 e. The Bertz CT molecular complexity index is 684. The maximum Gasteiger partial charge on any atom is 0.240 e. The topological polar surface area (TPSA) is 54.5 Å². The van der Waals surface area contributed by atoms with E-state index < -0.39 is 10.0 Å². The third-order valence-corrected chi connectivity index (χ3v) is 6.46. The maximum atomic E-state index is 12.5. The van der Waals surface area contributed by atoms with E-state index in [0.29, 0.717) is 22.9 Å². The van der Waals surface area contributed by atoms with Gasteiger partial charge in [0.15, 0.2) is 0 Å². The largest absolute Gasteiger partial charge is 0.273 e. The second-order valence-corrected chi connectivity index (χ2v) is 8.58. The van der Waals surface area contributed by atoms with Crippen molar-refractivity contribution in [1.29, 1.82) is 0 Å². The van der Waals surface area contributed by atoms with Crippen LogP contribution in [-0.4, -0.2) is 30.4 Å². The van der Waals surface area contributed by atoms with E-state index in [-0.39, 0.29) is 29.5 Å². The fourth-order valence-corrected chi connectivity index (χ4v) is 5.39. The molecule has 1 saturated heterocycles. The number of hydrogen-bond donors (Lipinski definition) is 0. The molecule has 0 radical (unpaired) electrons. The fourth-order valence-electron chi connectivity index (χ4n) is 2.95. The highest BCUT2D eigenvalue weighted by molar-refractivity contribution is 7.89. The Morgan fingerprint density at radius 3 is 2.38 bits per heavy atom. The molecule has 4 nitrogen and oxygen atoms in total. The number of nitrogens with zero attached hydrogens (tertiary/aromatic N) is 1. The lowest BCUT2D eigenvalue weighted by Crippen LogP contribution is -2.38. The van der Waals surface area contributed by atoms with E-state index in [4.69, 9.17) is 23.2 Å². The summed E-state index contributed by atoms with van der Waals surface area (Å²) in [5.74, 6) is -0.507. The molecule has 2 fully saturated rings. The standard InChI is InChI=1S/C14H15Cl2NO3S/c1-8-2-3-21(19,20)17(8)14(18)13-7-12(13)9-4-10(15)6-11(16)5-9/h4-6,8,12-13H,2-3,7H2,1H3. The predicted octanol–water partition coefficient (Wildman–Crippen LogP) is 3.05. The molecule has 21 heavy (non-hydrogen) atoms. The van der Waals surface area contributed by atoms with Crippen LogP contribution in [0.1, 0.15) is 31.2 Å². The van der Waals surface area contributed by atoms with Crippen LogP contribution >= 0.6 is 23.2 Å². The van der Waals surface area contributed by atoms with Gasteiger partial charge in [0.25, 0.3) is 0 Å². The second-order valence-electron chi connectivity index (χ2n) is 5.74. The quantitative estimate of drug-likeness (QED) is 0.826. The van der Waals surface area contributed by atoms with E-state index in [1.807, 2.05) is 0 Å². The van der Waals surface area contributed by atoms with Crippen molar-refractivity contribution in [3.8, 4) is 0 Å². The number of halogens is 2. The lowest BCUT2D eigenvalue weighted by Gasteiger charge is -2.20. The van der Waals surface area contributed by atoms with Crippen LogP contribution in [0.25, 0.3) is 0 Å². The predicted molar refractivity (Wildman–Crippen MR) is 82.0 cm³/mol. The second kappa shape index (κ2) is 5.14. The zero-order chi connectivity index (χ0) is 15.4. The van der Waals surface area contributed by atoms with Crippen LogP contribution in [-0.2, 0) is 14.8 Å². The zero-order valence-electron chi connectivity index (χ0n) is 11.4. The number of amides is 1. The third-order valence-electron chi connectivity index (χ3n) is 4.13. The maximum absolute atomic E-state index is 12.5. The average molecular weight is 348 g/mol. The first-order valence-corrected chi connectivity index (χ1v) is 9.18. The molecule has 3 atom stereocenters. The van der Waals surface area contributed by atoms with Gasteiger partial charge in [-0.2, -0.15) is 0 Å². The van der Waals surface area contributed by atoms with Crippen LogP contribution in [0, 0.1) is 5.92 Å². The van der Waals surface area contributed by atoms with Gasteiger partial charge in [0, 0.05) is 22.0 Å². The summed E-state index contributed by atoms with van der Waals surface area (Å²) in [4.78, 5) is 12.5. The van der Waals surface area contributed by atoms with Crippen LogP contribution in [0.15, 0.2) is 18.2 Å². The van der Waals surface area contributed by atoms with Gasteiger partial charge in [0.05, 0.1) is 5.75 Å². The number of benzene rings is 1. The van der Waals surface area contributed by atoms with Crippen molar-refractivity contribution in [2.45, 2.75) is 31.7 Å². The number of sulfonamides is 1. The molecule has 1 aromatic carbocycles. The minimum absolute atomic E-state index is 0.0108. The minimum Gasteiger partial charge on any atom is -0.273 e. The van der Waals surface area contributed by atoms with Gasteiger partial charge in [-0.15, -0.1) is 0 Å². The van der Waals surface area contributed by atoms with Crippen molar-refractivity contribution < 1.29 is 13.2 Å². The van der Waals surface area contributed by atoms with Gasteiger partial charge in [-0.3, -0.25) is 4.79 Å². The highest BCUT2D eigenvalue weighted by atomic mass is 35.5. The van der Waals surface area contributed by atoms with Gasteiger partial charge in [0.2, 0.25) is 15.9 Å². The summed E-state index contributed by atoms with van der Waals surface area (Å²) < 4.78 is 25.0. The van der Waals surface area contributed by atoms with Gasteiger partial charge in [0.1, 0.15) is 0 Å². The van der Waals surface area contributed by atoms with E-state index >= 15 is 0 Å². The molecular formula is C14H15Cl2NO3S. The molecule has 3 rings (SSSR count). The van der Waals surface area contributed by atoms with Crippen molar-refractivity contribution in [2.24, 2.45) is 5.92 Å². The SMILES string of the molecule is CC1CCS(=O)(=O)N1C(=O)C1CC1c1cc(Cl)cc(Cl)c1. The highest BCUT2D eigenvalue weighted by Crippen LogP contribution is 2.50. The molecule has 1 aromatic rings. The Kier molecular flexibility index (Phi) is 3.71. The van der Waals surface area contributed by atoms with E-state index in [0.717, 1.165) is 9.87 Å². The zero-order valence-corrected chi connectivity index (χ0v) is 13.7. The van der Waals surface area contributed by atoms with E-state index in [9.17, 15) is 13.2 Å². The van der Waals surface area contributed by atoms with Gasteiger partial charge < -0.3 is 0 Å². The van der Waals surface area contributed by atoms with Crippen LogP contribution in [0.4, 0.5) is 0 Å². The van der Waals surface area contributed by atoms with Gasteiger partial charge >= 0.3 is 0 Å². The van der Waals surface area contributed by atoms with E-state index in [1.54, 1.807) is 25.1 Å². The lowest BCUT2D eigenvalue weighted by molar-refractivity contribution is -0.128.